The second kappa shape index (κ2) is 4.58. The van der Waals surface area contributed by atoms with Crippen molar-refractivity contribution in [2.24, 2.45) is 0 Å². The summed E-state index contributed by atoms with van der Waals surface area (Å²) in [6.07, 6.45) is 4.18. The highest BCUT2D eigenvalue weighted by Gasteiger charge is 2.02. The molecule has 0 aliphatic carbocycles. The average Bonchev–Trinajstić information content (AvgIpc) is 2.85. The van der Waals surface area contributed by atoms with E-state index >= 15 is 0 Å². The van der Waals surface area contributed by atoms with Crippen molar-refractivity contribution >= 4 is 22.7 Å². The fraction of sp³-hybridized carbons (Fsp3) is 0.167. The first kappa shape index (κ1) is 9.69. The van der Waals surface area contributed by atoms with Crippen molar-refractivity contribution in [3.8, 4) is 9.75 Å². The van der Waals surface area contributed by atoms with Crippen LogP contribution in [0.3, 0.4) is 0 Å². The molecule has 0 atom stereocenters. The van der Waals surface area contributed by atoms with E-state index in [1.807, 2.05) is 17.4 Å². The summed E-state index contributed by atoms with van der Waals surface area (Å²) in [4.78, 5) is 4.22. The molecule has 2 heterocycles. The van der Waals surface area contributed by atoms with Gasteiger partial charge in [0.1, 0.15) is 0 Å². The van der Waals surface area contributed by atoms with Crippen LogP contribution in [-0.2, 0) is 6.42 Å². The van der Waals surface area contributed by atoms with Gasteiger partial charge < -0.3 is 0 Å². The van der Waals surface area contributed by atoms with Crippen molar-refractivity contribution in [1.82, 2.24) is 0 Å². The summed E-state index contributed by atoms with van der Waals surface area (Å²) >= 11 is 3.70. The highest BCUT2D eigenvalue weighted by atomic mass is 32.1. The molecule has 14 heavy (non-hydrogen) atoms. The van der Waals surface area contributed by atoms with E-state index in [-0.39, 0.29) is 0 Å². The molecule has 0 aromatic carbocycles. The van der Waals surface area contributed by atoms with E-state index in [1.54, 1.807) is 11.3 Å². The van der Waals surface area contributed by atoms with Gasteiger partial charge in [-0.1, -0.05) is 12.1 Å². The zero-order valence-corrected chi connectivity index (χ0v) is 9.53. The Hall–Kier alpha value is -0.860. The third kappa shape index (κ3) is 2.14. The first-order chi connectivity index (χ1) is 6.90. The van der Waals surface area contributed by atoms with Crippen LogP contribution in [0.2, 0.25) is 0 Å². The lowest BCUT2D eigenvalue weighted by Gasteiger charge is -1.90. The van der Waals surface area contributed by atoms with Crippen LogP contribution in [0, 0.1) is 0 Å². The largest absolute Gasteiger partial charge is 0.143 e. The fourth-order valence-corrected chi connectivity index (χ4v) is 3.17. The Morgan fingerprint density at radius 1 is 1.21 bits per heavy atom. The lowest BCUT2D eigenvalue weighted by atomic mass is 10.2. The molecule has 0 amide bonds. The lowest BCUT2D eigenvalue weighted by Crippen LogP contribution is -1.73. The van der Waals surface area contributed by atoms with Gasteiger partial charge in [-0.15, -0.1) is 29.3 Å². The maximum atomic E-state index is 3.74. The summed E-state index contributed by atoms with van der Waals surface area (Å²) in [5, 5.41) is 2.12. The number of rotatable bonds is 4. The molecular weight excluding hydrogens is 208 g/mol. The van der Waals surface area contributed by atoms with Gasteiger partial charge in [0.05, 0.1) is 0 Å². The van der Waals surface area contributed by atoms with E-state index in [1.165, 1.54) is 14.6 Å². The van der Waals surface area contributed by atoms with Gasteiger partial charge in [-0.3, -0.25) is 0 Å². The molecule has 0 saturated heterocycles. The summed E-state index contributed by atoms with van der Waals surface area (Å²) in [5.41, 5.74) is 0. The SMILES string of the molecule is C=CCCc1ccc(-c2cccs2)s1. The van der Waals surface area contributed by atoms with Gasteiger partial charge in [-0.25, -0.2) is 0 Å². The minimum Gasteiger partial charge on any atom is -0.143 e. The first-order valence-electron chi connectivity index (χ1n) is 4.63. The monoisotopic (exact) mass is 220 g/mol. The number of allylic oxidation sites excluding steroid dienone is 1. The van der Waals surface area contributed by atoms with Gasteiger partial charge >= 0.3 is 0 Å². The Bertz CT molecular complexity index is 396. The Morgan fingerprint density at radius 3 is 2.86 bits per heavy atom. The topological polar surface area (TPSA) is 0 Å². The number of aryl methyl sites for hydroxylation is 1. The molecule has 0 spiro atoms. The molecule has 2 aromatic heterocycles. The van der Waals surface area contributed by atoms with Crippen molar-refractivity contribution in [3.63, 3.8) is 0 Å². The molecule has 0 N–H and O–H groups in total. The second-order valence-electron chi connectivity index (χ2n) is 3.07. The Balaban J connectivity index is 2.14. The van der Waals surface area contributed by atoms with Crippen LogP contribution >= 0.6 is 22.7 Å². The van der Waals surface area contributed by atoms with Gasteiger partial charge in [-0.05, 0) is 36.4 Å². The maximum absolute atomic E-state index is 3.74. The van der Waals surface area contributed by atoms with Gasteiger partial charge in [0.15, 0.2) is 0 Å². The molecule has 2 aromatic rings. The zero-order valence-electron chi connectivity index (χ0n) is 7.90. The van der Waals surface area contributed by atoms with Crippen molar-refractivity contribution in [1.29, 1.82) is 0 Å². The molecule has 2 heteroatoms. The number of hydrogen-bond acceptors (Lipinski definition) is 2. The zero-order chi connectivity index (χ0) is 9.80. The number of thiophene rings is 2. The van der Waals surface area contributed by atoms with Crippen LogP contribution in [0.25, 0.3) is 9.75 Å². The molecule has 0 unspecified atom stereocenters. The number of hydrogen-bond donors (Lipinski definition) is 0. The second-order valence-corrected chi connectivity index (χ2v) is 5.19. The van der Waals surface area contributed by atoms with Crippen LogP contribution in [0.5, 0.6) is 0 Å². The normalized spacial score (nSPS) is 10.3. The highest BCUT2D eigenvalue weighted by Crippen LogP contribution is 2.31. The molecule has 72 valence electrons. The standard InChI is InChI=1S/C12H12S2/c1-2-3-5-10-7-8-12(14-10)11-6-4-9-13-11/h2,4,6-9H,1,3,5H2. The van der Waals surface area contributed by atoms with Crippen molar-refractivity contribution in [2.45, 2.75) is 12.8 Å². The smallest absolute Gasteiger partial charge is 0.0445 e. The predicted molar refractivity (Wildman–Crippen MR) is 66.2 cm³/mol. The summed E-state index contributed by atoms with van der Waals surface area (Å²) in [6, 6.07) is 8.72. The lowest BCUT2D eigenvalue weighted by molar-refractivity contribution is 1.03. The molecule has 2 rings (SSSR count). The van der Waals surface area contributed by atoms with Crippen LogP contribution in [-0.4, -0.2) is 0 Å². The minimum atomic E-state index is 1.07. The van der Waals surface area contributed by atoms with Crippen molar-refractivity contribution in [2.75, 3.05) is 0 Å². The molecule has 0 radical (unpaired) electrons. The molecule has 0 aliphatic heterocycles. The Labute approximate surface area is 92.5 Å². The first-order valence-corrected chi connectivity index (χ1v) is 6.33. The van der Waals surface area contributed by atoms with E-state index in [4.69, 9.17) is 0 Å². The van der Waals surface area contributed by atoms with E-state index < -0.39 is 0 Å². The summed E-state index contributed by atoms with van der Waals surface area (Å²) < 4.78 is 0. The van der Waals surface area contributed by atoms with E-state index in [9.17, 15) is 0 Å². The van der Waals surface area contributed by atoms with Crippen LogP contribution < -0.4 is 0 Å². The van der Waals surface area contributed by atoms with Gasteiger partial charge in [0, 0.05) is 14.6 Å². The van der Waals surface area contributed by atoms with E-state index in [2.05, 4.69) is 36.2 Å². The molecule has 0 aliphatic rings. The van der Waals surface area contributed by atoms with Gasteiger partial charge in [-0.2, -0.15) is 0 Å². The third-order valence-electron chi connectivity index (χ3n) is 2.02. The quantitative estimate of drug-likeness (QED) is 0.661. The van der Waals surface area contributed by atoms with Crippen LogP contribution in [0.4, 0.5) is 0 Å². The fourth-order valence-electron chi connectivity index (χ4n) is 1.31. The molecule has 0 saturated carbocycles. The molecule has 0 nitrogen and oxygen atoms in total. The average molecular weight is 220 g/mol. The van der Waals surface area contributed by atoms with Crippen LogP contribution in [0.15, 0.2) is 42.3 Å². The van der Waals surface area contributed by atoms with E-state index in [0.29, 0.717) is 0 Å². The maximum Gasteiger partial charge on any atom is 0.0445 e. The Kier molecular flexibility index (Phi) is 3.17. The molecule has 0 bridgehead atoms. The van der Waals surface area contributed by atoms with Crippen molar-refractivity contribution in [3.05, 3.63) is 47.2 Å². The highest BCUT2D eigenvalue weighted by molar-refractivity contribution is 7.21. The third-order valence-corrected chi connectivity index (χ3v) is 4.23. The molecule has 0 fully saturated rings. The van der Waals surface area contributed by atoms with Crippen molar-refractivity contribution < 1.29 is 0 Å². The Morgan fingerprint density at radius 2 is 2.14 bits per heavy atom. The van der Waals surface area contributed by atoms with E-state index in [0.717, 1.165) is 12.8 Å². The summed E-state index contributed by atoms with van der Waals surface area (Å²) in [5.74, 6) is 0. The predicted octanol–water partition coefficient (Wildman–Crippen LogP) is 4.60. The van der Waals surface area contributed by atoms with Gasteiger partial charge in [0.2, 0.25) is 0 Å². The van der Waals surface area contributed by atoms with Gasteiger partial charge in [0.25, 0.3) is 0 Å². The molecular formula is C12H12S2. The minimum absolute atomic E-state index is 1.07. The van der Waals surface area contributed by atoms with Crippen LogP contribution in [0.1, 0.15) is 11.3 Å². The summed E-state index contributed by atoms with van der Waals surface area (Å²) in [6.45, 7) is 3.74. The summed E-state index contributed by atoms with van der Waals surface area (Å²) in [7, 11) is 0.